The molecular weight excluding hydrogens is 262 g/mol. The standard InChI is InChI=1S/C17H15N3O/c1-11-7-8-12(2)15(9-11)20-17(21)16-10-18-13-5-3-4-6-14(13)19-16/h3-10H,1-2H3,(H,20,21). The number of nitrogens with zero attached hydrogens (tertiary/aromatic N) is 2. The molecular formula is C17H15N3O. The van der Waals surface area contributed by atoms with Gasteiger partial charge in [-0.1, -0.05) is 24.3 Å². The average molecular weight is 277 g/mol. The van der Waals surface area contributed by atoms with Crippen molar-refractivity contribution in [1.82, 2.24) is 9.97 Å². The summed E-state index contributed by atoms with van der Waals surface area (Å²) < 4.78 is 0. The van der Waals surface area contributed by atoms with E-state index in [1.807, 2.05) is 56.3 Å². The van der Waals surface area contributed by atoms with E-state index in [0.29, 0.717) is 11.2 Å². The maximum Gasteiger partial charge on any atom is 0.275 e. The molecule has 3 rings (SSSR count). The summed E-state index contributed by atoms with van der Waals surface area (Å²) in [5.74, 6) is -0.248. The summed E-state index contributed by atoms with van der Waals surface area (Å²) in [5, 5.41) is 2.89. The minimum Gasteiger partial charge on any atom is -0.320 e. The number of anilines is 1. The van der Waals surface area contributed by atoms with E-state index in [4.69, 9.17) is 0 Å². The van der Waals surface area contributed by atoms with Crippen molar-refractivity contribution in [2.24, 2.45) is 0 Å². The molecule has 2 aromatic carbocycles. The van der Waals surface area contributed by atoms with Gasteiger partial charge in [0.05, 0.1) is 17.2 Å². The first-order valence-corrected chi connectivity index (χ1v) is 6.74. The van der Waals surface area contributed by atoms with Crippen molar-refractivity contribution in [2.45, 2.75) is 13.8 Å². The number of hydrogen-bond acceptors (Lipinski definition) is 3. The van der Waals surface area contributed by atoms with E-state index >= 15 is 0 Å². The molecule has 0 spiro atoms. The summed E-state index contributed by atoms with van der Waals surface area (Å²) in [7, 11) is 0. The third-order valence-corrected chi connectivity index (χ3v) is 3.32. The largest absolute Gasteiger partial charge is 0.320 e. The lowest BCUT2D eigenvalue weighted by Crippen LogP contribution is -2.15. The molecule has 0 saturated carbocycles. The number of amides is 1. The molecule has 1 aromatic heterocycles. The van der Waals surface area contributed by atoms with Crippen LogP contribution in [0.25, 0.3) is 11.0 Å². The van der Waals surface area contributed by atoms with Gasteiger partial charge in [0, 0.05) is 5.69 Å². The lowest BCUT2D eigenvalue weighted by atomic mass is 10.1. The predicted octanol–water partition coefficient (Wildman–Crippen LogP) is 3.50. The summed E-state index contributed by atoms with van der Waals surface area (Å²) in [6.45, 7) is 3.95. The van der Waals surface area contributed by atoms with E-state index < -0.39 is 0 Å². The number of hydrogen-bond donors (Lipinski definition) is 1. The van der Waals surface area contributed by atoms with Gasteiger partial charge in [-0.15, -0.1) is 0 Å². The fraction of sp³-hybridized carbons (Fsp3) is 0.118. The molecule has 3 aromatic rings. The molecule has 1 heterocycles. The van der Waals surface area contributed by atoms with E-state index in [1.165, 1.54) is 6.20 Å². The second kappa shape index (κ2) is 5.32. The molecule has 0 atom stereocenters. The Morgan fingerprint density at radius 1 is 1.05 bits per heavy atom. The Labute approximate surface area is 122 Å². The van der Waals surface area contributed by atoms with Crippen LogP contribution in [0.1, 0.15) is 21.6 Å². The van der Waals surface area contributed by atoms with Gasteiger partial charge in [-0.3, -0.25) is 9.78 Å². The molecule has 1 amide bonds. The van der Waals surface area contributed by atoms with Crippen LogP contribution in [-0.2, 0) is 0 Å². The Morgan fingerprint density at radius 3 is 2.62 bits per heavy atom. The molecule has 0 radical (unpaired) electrons. The first kappa shape index (κ1) is 13.2. The molecule has 4 heteroatoms. The van der Waals surface area contributed by atoms with Crippen LogP contribution >= 0.6 is 0 Å². The summed E-state index contributed by atoms with van der Waals surface area (Å²) in [5.41, 5.74) is 4.72. The predicted molar refractivity (Wildman–Crippen MR) is 83.4 cm³/mol. The lowest BCUT2D eigenvalue weighted by molar-refractivity contribution is 0.102. The Balaban J connectivity index is 1.91. The minimum absolute atomic E-state index is 0.248. The highest BCUT2D eigenvalue weighted by molar-refractivity contribution is 6.03. The molecule has 0 aliphatic carbocycles. The second-order valence-electron chi connectivity index (χ2n) is 5.02. The molecule has 1 N–H and O–H groups in total. The van der Waals surface area contributed by atoms with Crippen molar-refractivity contribution < 1.29 is 4.79 Å². The zero-order valence-electron chi connectivity index (χ0n) is 11.9. The summed E-state index contributed by atoms with van der Waals surface area (Å²) in [6, 6.07) is 13.4. The van der Waals surface area contributed by atoms with Crippen molar-refractivity contribution in [3.8, 4) is 0 Å². The maximum absolute atomic E-state index is 12.3. The van der Waals surface area contributed by atoms with Crippen LogP contribution in [0.3, 0.4) is 0 Å². The topological polar surface area (TPSA) is 54.9 Å². The van der Waals surface area contributed by atoms with Gasteiger partial charge in [0.15, 0.2) is 0 Å². The van der Waals surface area contributed by atoms with Gasteiger partial charge in [0.1, 0.15) is 5.69 Å². The van der Waals surface area contributed by atoms with Crippen LogP contribution in [0.5, 0.6) is 0 Å². The van der Waals surface area contributed by atoms with E-state index in [2.05, 4.69) is 15.3 Å². The fourth-order valence-corrected chi connectivity index (χ4v) is 2.12. The minimum atomic E-state index is -0.248. The SMILES string of the molecule is Cc1ccc(C)c(NC(=O)c2cnc3ccccc3n2)c1. The fourth-order valence-electron chi connectivity index (χ4n) is 2.12. The lowest BCUT2D eigenvalue weighted by Gasteiger charge is -2.09. The van der Waals surface area contributed by atoms with Crippen LogP contribution < -0.4 is 5.32 Å². The Hall–Kier alpha value is -2.75. The van der Waals surface area contributed by atoms with Gasteiger partial charge in [0.25, 0.3) is 5.91 Å². The number of para-hydroxylation sites is 2. The second-order valence-corrected chi connectivity index (χ2v) is 5.02. The molecule has 0 aliphatic rings. The zero-order chi connectivity index (χ0) is 14.8. The first-order chi connectivity index (χ1) is 10.1. The van der Waals surface area contributed by atoms with Crippen molar-refractivity contribution in [3.63, 3.8) is 0 Å². The Kier molecular flexibility index (Phi) is 3.36. The summed E-state index contributed by atoms with van der Waals surface area (Å²) in [6.07, 6.45) is 1.50. The Bertz CT molecular complexity index is 827. The van der Waals surface area contributed by atoms with Gasteiger partial charge in [-0.25, -0.2) is 4.98 Å². The van der Waals surface area contributed by atoms with Gasteiger partial charge in [-0.2, -0.15) is 0 Å². The molecule has 0 fully saturated rings. The Morgan fingerprint density at radius 2 is 1.81 bits per heavy atom. The maximum atomic E-state index is 12.3. The highest BCUT2D eigenvalue weighted by Crippen LogP contribution is 2.17. The number of nitrogens with one attached hydrogen (secondary N) is 1. The number of fused-ring (bicyclic) bond motifs is 1. The monoisotopic (exact) mass is 277 g/mol. The number of aryl methyl sites for hydroxylation is 2. The number of carbonyl (C=O) groups excluding carboxylic acids is 1. The highest BCUT2D eigenvalue weighted by atomic mass is 16.1. The van der Waals surface area contributed by atoms with Crippen molar-refractivity contribution in [2.75, 3.05) is 5.32 Å². The highest BCUT2D eigenvalue weighted by Gasteiger charge is 2.10. The normalized spacial score (nSPS) is 10.6. The average Bonchev–Trinajstić information content (AvgIpc) is 2.50. The quantitative estimate of drug-likeness (QED) is 0.780. The molecule has 0 saturated heterocycles. The van der Waals surface area contributed by atoms with Gasteiger partial charge in [-0.05, 0) is 43.2 Å². The van der Waals surface area contributed by atoms with Crippen molar-refractivity contribution >= 4 is 22.6 Å². The summed E-state index contributed by atoms with van der Waals surface area (Å²) in [4.78, 5) is 20.9. The van der Waals surface area contributed by atoms with Crippen LogP contribution in [0, 0.1) is 13.8 Å². The van der Waals surface area contributed by atoms with Crippen molar-refractivity contribution in [3.05, 3.63) is 65.5 Å². The van der Waals surface area contributed by atoms with Crippen LogP contribution in [0.4, 0.5) is 5.69 Å². The van der Waals surface area contributed by atoms with Gasteiger partial charge >= 0.3 is 0 Å². The molecule has 0 unspecified atom stereocenters. The molecule has 4 nitrogen and oxygen atoms in total. The molecule has 0 bridgehead atoms. The van der Waals surface area contributed by atoms with Crippen molar-refractivity contribution in [1.29, 1.82) is 0 Å². The van der Waals surface area contributed by atoms with Crippen LogP contribution in [0.15, 0.2) is 48.7 Å². The van der Waals surface area contributed by atoms with E-state index in [9.17, 15) is 4.79 Å². The number of benzene rings is 2. The first-order valence-electron chi connectivity index (χ1n) is 6.74. The number of rotatable bonds is 2. The smallest absolute Gasteiger partial charge is 0.275 e. The van der Waals surface area contributed by atoms with E-state index in [1.54, 1.807) is 0 Å². The third kappa shape index (κ3) is 2.74. The zero-order valence-corrected chi connectivity index (χ0v) is 11.9. The van der Waals surface area contributed by atoms with Gasteiger partial charge in [0.2, 0.25) is 0 Å². The number of carbonyl (C=O) groups is 1. The number of aromatic nitrogens is 2. The van der Waals surface area contributed by atoms with Crippen LogP contribution in [-0.4, -0.2) is 15.9 Å². The van der Waals surface area contributed by atoms with E-state index in [0.717, 1.165) is 22.3 Å². The van der Waals surface area contributed by atoms with E-state index in [-0.39, 0.29) is 5.91 Å². The van der Waals surface area contributed by atoms with Crippen LogP contribution in [0.2, 0.25) is 0 Å². The molecule has 0 aliphatic heterocycles. The third-order valence-electron chi connectivity index (χ3n) is 3.32. The molecule has 21 heavy (non-hydrogen) atoms. The molecule has 104 valence electrons. The van der Waals surface area contributed by atoms with Gasteiger partial charge < -0.3 is 5.32 Å². The summed E-state index contributed by atoms with van der Waals surface area (Å²) >= 11 is 0.